The Morgan fingerprint density at radius 2 is 2.16 bits per heavy atom. The second kappa shape index (κ2) is 6.04. The standard InChI is InChI=1S/C17H16FN5O2/c18-11-3-9-5-12-8-22-17(24)13(6-19)16-20-2-1-14(23-16)21-7-10(4-11)15(9)25-12/h1-4,6,12H,5,7-8,19H2,(H,22,24)(H,20,21,23). The minimum absolute atomic E-state index is 0.183. The predicted octanol–water partition coefficient (Wildman–Crippen LogP) is 0.961. The molecule has 1 unspecified atom stereocenters. The molecule has 0 aliphatic carbocycles. The number of amides is 1. The Labute approximate surface area is 143 Å². The van der Waals surface area contributed by atoms with Gasteiger partial charge in [-0.25, -0.2) is 14.4 Å². The van der Waals surface area contributed by atoms with Crippen LogP contribution in [0.3, 0.4) is 0 Å². The van der Waals surface area contributed by atoms with E-state index in [2.05, 4.69) is 20.6 Å². The lowest BCUT2D eigenvalue weighted by Gasteiger charge is -2.13. The van der Waals surface area contributed by atoms with E-state index in [1.165, 1.54) is 24.5 Å². The average molecular weight is 341 g/mol. The molecule has 2 aromatic rings. The van der Waals surface area contributed by atoms with Crippen LogP contribution in [0.5, 0.6) is 5.75 Å². The fourth-order valence-electron chi connectivity index (χ4n) is 3.04. The smallest absolute Gasteiger partial charge is 0.256 e. The van der Waals surface area contributed by atoms with Crippen molar-refractivity contribution in [2.75, 3.05) is 11.9 Å². The van der Waals surface area contributed by atoms with Crippen LogP contribution in [-0.4, -0.2) is 28.5 Å². The number of hydrogen-bond donors (Lipinski definition) is 3. The molecule has 0 saturated heterocycles. The van der Waals surface area contributed by atoms with Gasteiger partial charge in [0.25, 0.3) is 5.91 Å². The zero-order valence-corrected chi connectivity index (χ0v) is 13.3. The molecule has 128 valence electrons. The third-order valence-electron chi connectivity index (χ3n) is 4.20. The molecule has 1 amide bonds. The Bertz CT molecular complexity index is 883. The third-order valence-corrected chi connectivity index (χ3v) is 4.20. The van der Waals surface area contributed by atoms with E-state index >= 15 is 0 Å². The summed E-state index contributed by atoms with van der Waals surface area (Å²) >= 11 is 0. The van der Waals surface area contributed by atoms with Gasteiger partial charge in [-0.15, -0.1) is 0 Å². The molecule has 0 fully saturated rings. The highest BCUT2D eigenvalue weighted by molar-refractivity contribution is 6.18. The lowest BCUT2D eigenvalue weighted by molar-refractivity contribution is -0.116. The lowest BCUT2D eigenvalue weighted by atomic mass is 10.1. The van der Waals surface area contributed by atoms with Crippen molar-refractivity contribution in [3.63, 3.8) is 0 Å². The first-order valence-electron chi connectivity index (χ1n) is 7.89. The Balaban J connectivity index is 1.76. The maximum atomic E-state index is 13.9. The third kappa shape index (κ3) is 2.86. The number of carbonyl (C=O) groups is 1. The number of nitrogens with one attached hydrogen (secondary N) is 2. The van der Waals surface area contributed by atoms with Crippen LogP contribution in [0.15, 0.2) is 30.6 Å². The molecule has 4 bridgehead atoms. The van der Waals surface area contributed by atoms with Crippen molar-refractivity contribution in [1.29, 1.82) is 0 Å². The highest BCUT2D eigenvalue weighted by atomic mass is 19.1. The van der Waals surface area contributed by atoms with Gasteiger partial charge in [0, 0.05) is 36.5 Å². The van der Waals surface area contributed by atoms with E-state index in [0.717, 1.165) is 5.56 Å². The summed E-state index contributed by atoms with van der Waals surface area (Å²) in [7, 11) is 0. The Kier molecular flexibility index (Phi) is 3.72. The van der Waals surface area contributed by atoms with Crippen LogP contribution in [0, 0.1) is 5.82 Å². The first kappa shape index (κ1) is 15.4. The first-order chi connectivity index (χ1) is 12.1. The fourth-order valence-corrected chi connectivity index (χ4v) is 3.04. The number of rotatable bonds is 0. The van der Waals surface area contributed by atoms with E-state index in [1.54, 1.807) is 6.07 Å². The molecule has 1 aromatic carbocycles. The van der Waals surface area contributed by atoms with E-state index in [1.807, 2.05) is 0 Å². The van der Waals surface area contributed by atoms with Gasteiger partial charge in [-0.3, -0.25) is 4.79 Å². The van der Waals surface area contributed by atoms with Gasteiger partial charge in [0.05, 0.1) is 12.1 Å². The molecule has 1 aromatic heterocycles. The molecule has 3 heterocycles. The first-order valence-corrected chi connectivity index (χ1v) is 7.89. The molecule has 4 rings (SSSR count). The SMILES string of the molecule is NC=C1C(=O)NCC2Cc3cc(F)cc(c3O2)CNc2ccnc1n2. The summed E-state index contributed by atoms with van der Waals surface area (Å²) in [6, 6.07) is 4.58. The van der Waals surface area contributed by atoms with Gasteiger partial charge >= 0.3 is 0 Å². The summed E-state index contributed by atoms with van der Waals surface area (Å²) < 4.78 is 19.8. The number of carbonyl (C=O) groups excluding carboxylic acids is 1. The Morgan fingerprint density at radius 3 is 3.00 bits per heavy atom. The van der Waals surface area contributed by atoms with Gasteiger partial charge in [0.2, 0.25) is 0 Å². The van der Waals surface area contributed by atoms with Crippen LogP contribution in [0.1, 0.15) is 17.0 Å². The lowest BCUT2D eigenvalue weighted by Crippen LogP contribution is -2.35. The normalized spacial score (nSPS) is 20.6. The number of fused-ring (bicyclic) bond motifs is 3. The predicted molar refractivity (Wildman–Crippen MR) is 89.1 cm³/mol. The van der Waals surface area contributed by atoms with Gasteiger partial charge in [-0.1, -0.05) is 0 Å². The molecule has 0 saturated carbocycles. The van der Waals surface area contributed by atoms with Gasteiger partial charge < -0.3 is 21.1 Å². The number of nitrogens with two attached hydrogens (primary N) is 1. The molecule has 1 atom stereocenters. The molecule has 7 nitrogen and oxygen atoms in total. The zero-order chi connectivity index (χ0) is 17.4. The zero-order valence-electron chi connectivity index (χ0n) is 13.3. The van der Waals surface area contributed by atoms with E-state index in [0.29, 0.717) is 30.1 Å². The molecule has 2 aliphatic heterocycles. The van der Waals surface area contributed by atoms with Gasteiger partial charge in [0.15, 0.2) is 5.82 Å². The molecule has 8 heteroatoms. The topological polar surface area (TPSA) is 102 Å². The number of anilines is 1. The van der Waals surface area contributed by atoms with Gasteiger partial charge in [0.1, 0.15) is 23.5 Å². The quantitative estimate of drug-likeness (QED) is 0.617. The minimum Gasteiger partial charge on any atom is -0.488 e. The maximum Gasteiger partial charge on any atom is 0.256 e. The summed E-state index contributed by atoms with van der Waals surface area (Å²) in [5.74, 6) is 0.691. The number of halogens is 1. The van der Waals surface area contributed by atoms with Gasteiger partial charge in [-0.2, -0.15) is 0 Å². The molecule has 2 aliphatic rings. The highest BCUT2D eigenvalue weighted by Gasteiger charge is 2.28. The fraction of sp³-hybridized carbons (Fsp3) is 0.235. The van der Waals surface area contributed by atoms with E-state index in [4.69, 9.17) is 10.5 Å². The Hall–Kier alpha value is -3.16. The van der Waals surface area contributed by atoms with Crippen LogP contribution in [-0.2, 0) is 17.8 Å². The number of hydrogen-bond acceptors (Lipinski definition) is 6. The van der Waals surface area contributed by atoms with Crippen LogP contribution in [0.2, 0.25) is 0 Å². The summed E-state index contributed by atoms with van der Waals surface area (Å²) in [4.78, 5) is 20.8. The molecule has 4 N–H and O–H groups in total. The monoisotopic (exact) mass is 341 g/mol. The maximum absolute atomic E-state index is 13.9. The largest absolute Gasteiger partial charge is 0.488 e. The van der Waals surface area contributed by atoms with Gasteiger partial charge in [-0.05, 0) is 18.2 Å². The van der Waals surface area contributed by atoms with Crippen LogP contribution >= 0.6 is 0 Å². The second-order valence-corrected chi connectivity index (χ2v) is 5.91. The molecule has 25 heavy (non-hydrogen) atoms. The van der Waals surface area contributed by atoms with Crippen molar-refractivity contribution in [2.24, 2.45) is 5.73 Å². The van der Waals surface area contributed by atoms with Crippen molar-refractivity contribution < 1.29 is 13.9 Å². The van der Waals surface area contributed by atoms with E-state index in [9.17, 15) is 9.18 Å². The van der Waals surface area contributed by atoms with Crippen LogP contribution < -0.4 is 21.1 Å². The summed E-state index contributed by atoms with van der Waals surface area (Å²) in [6.07, 6.45) is 2.99. The molecular weight excluding hydrogens is 325 g/mol. The van der Waals surface area contributed by atoms with E-state index in [-0.39, 0.29) is 35.8 Å². The van der Waals surface area contributed by atoms with Crippen molar-refractivity contribution >= 4 is 17.3 Å². The average Bonchev–Trinajstić information content (AvgIpc) is 3.01. The minimum atomic E-state index is -0.384. The highest BCUT2D eigenvalue weighted by Crippen LogP contribution is 2.34. The number of benzene rings is 1. The number of ether oxygens (including phenoxy) is 1. The van der Waals surface area contributed by atoms with Crippen molar-refractivity contribution in [3.05, 3.63) is 53.4 Å². The van der Waals surface area contributed by atoms with Crippen LogP contribution in [0.4, 0.5) is 10.2 Å². The Morgan fingerprint density at radius 1 is 1.32 bits per heavy atom. The van der Waals surface area contributed by atoms with Crippen molar-refractivity contribution in [2.45, 2.75) is 19.1 Å². The van der Waals surface area contributed by atoms with Crippen molar-refractivity contribution in [3.8, 4) is 5.75 Å². The molecule has 0 radical (unpaired) electrons. The number of nitrogens with zero attached hydrogens (tertiary/aromatic N) is 2. The second-order valence-electron chi connectivity index (χ2n) is 5.91. The van der Waals surface area contributed by atoms with E-state index < -0.39 is 0 Å². The van der Waals surface area contributed by atoms with Crippen molar-refractivity contribution in [1.82, 2.24) is 15.3 Å². The van der Waals surface area contributed by atoms with Crippen LogP contribution in [0.25, 0.3) is 5.57 Å². The summed E-state index contributed by atoms with van der Waals surface area (Å²) in [5.41, 5.74) is 7.28. The molecular formula is C17H16FN5O2. The summed E-state index contributed by atoms with van der Waals surface area (Å²) in [6.45, 7) is 0.616. The molecule has 0 spiro atoms. The number of aromatic nitrogens is 2. The summed E-state index contributed by atoms with van der Waals surface area (Å²) in [5, 5.41) is 5.89.